The Bertz CT molecular complexity index is 611. The van der Waals surface area contributed by atoms with Crippen molar-refractivity contribution in [3.63, 3.8) is 0 Å². The van der Waals surface area contributed by atoms with E-state index in [1.165, 1.54) is 0 Å². The number of hydrazine groups is 1. The Labute approximate surface area is 145 Å². The monoisotopic (exact) mass is 348 g/mol. The summed E-state index contributed by atoms with van der Waals surface area (Å²) in [6.07, 6.45) is 0.921. The standard InChI is InChI=1S/C16H20N4O3S/c21-14-12-4-1-2-5-13(12)15(22)20(14)18-16(24)17-6-3-7-19-8-10-23-11-9-19/h1-2,4-5H,3,6-11H2,(H2,17,18,24). The summed E-state index contributed by atoms with van der Waals surface area (Å²) < 4.78 is 5.31. The smallest absolute Gasteiger partial charge is 0.280 e. The minimum absolute atomic E-state index is 0.270. The first-order valence-corrected chi connectivity index (χ1v) is 8.40. The number of ether oxygens (including phenoxy) is 1. The molecule has 0 aliphatic carbocycles. The van der Waals surface area contributed by atoms with Crippen LogP contribution < -0.4 is 10.7 Å². The second-order valence-corrected chi connectivity index (χ2v) is 6.07. The lowest BCUT2D eigenvalue weighted by molar-refractivity contribution is 0.0376. The van der Waals surface area contributed by atoms with Crippen LogP contribution in [0.4, 0.5) is 0 Å². The number of fused-ring (bicyclic) bond motifs is 1. The zero-order valence-corrected chi connectivity index (χ0v) is 14.1. The summed E-state index contributed by atoms with van der Waals surface area (Å²) >= 11 is 5.18. The molecule has 2 N–H and O–H groups in total. The molecular weight excluding hydrogens is 328 g/mol. The Morgan fingerprint density at radius 1 is 1.12 bits per heavy atom. The van der Waals surface area contributed by atoms with Crippen molar-refractivity contribution in [3.05, 3.63) is 35.4 Å². The van der Waals surface area contributed by atoms with Crippen LogP contribution in [0.5, 0.6) is 0 Å². The fraction of sp³-hybridized carbons (Fsp3) is 0.438. The average Bonchev–Trinajstić information content (AvgIpc) is 2.85. The molecule has 0 unspecified atom stereocenters. The third kappa shape index (κ3) is 3.72. The van der Waals surface area contributed by atoms with Crippen molar-refractivity contribution in [2.24, 2.45) is 0 Å². The minimum atomic E-state index is -0.381. The van der Waals surface area contributed by atoms with E-state index in [1.54, 1.807) is 24.3 Å². The summed E-state index contributed by atoms with van der Waals surface area (Å²) in [4.78, 5) is 26.8. The van der Waals surface area contributed by atoms with E-state index in [2.05, 4.69) is 15.6 Å². The topological polar surface area (TPSA) is 73.9 Å². The van der Waals surface area contributed by atoms with Gasteiger partial charge in [0.25, 0.3) is 11.8 Å². The van der Waals surface area contributed by atoms with Crippen LogP contribution in [-0.4, -0.2) is 66.2 Å². The Hall–Kier alpha value is -2.03. The van der Waals surface area contributed by atoms with Gasteiger partial charge in [-0.05, 0) is 37.3 Å². The number of nitrogens with zero attached hydrogens (tertiary/aromatic N) is 2. The van der Waals surface area contributed by atoms with Gasteiger partial charge in [-0.1, -0.05) is 12.1 Å². The van der Waals surface area contributed by atoms with Crippen LogP contribution in [0.1, 0.15) is 27.1 Å². The lowest BCUT2D eigenvalue weighted by atomic mass is 10.1. The van der Waals surface area contributed by atoms with Crippen LogP contribution in [0.3, 0.4) is 0 Å². The van der Waals surface area contributed by atoms with Crippen molar-refractivity contribution in [2.75, 3.05) is 39.4 Å². The summed E-state index contributed by atoms with van der Waals surface area (Å²) in [5.74, 6) is -0.763. The number of hydrogen-bond donors (Lipinski definition) is 2. The first-order valence-electron chi connectivity index (χ1n) is 7.99. The van der Waals surface area contributed by atoms with Crippen LogP contribution in [0.2, 0.25) is 0 Å². The van der Waals surface area contributed by atoms with Gasteiger partial charge in [0.05, 0.1) is 24.3 Å². The van der Waals surface area contributed by atoms with E-state index in [9.17, 15) is 9.59 Å². The largest absolute Gasteiger partial charge is 0.379 e. The highest BCUT2D eigenvalue weighted by atomic mass is 32.1. The van der Waals surface area contributed by atoms with E-state index >= 15 is 0 Å². The highest BCUT2D eigenvalue weighted by Gasteiger charge is 2.35. The molecule has 0 bridgehead atoms. The van der Waals surface area contributed by atoms with Crippen LogP contribution in [0, 0.1) is 0 Å². The highest BCUT2D eigenvalue weighted by Crippen LogP contribution is 2.20. The van der Waals surface area contributed by atoms with E-state index in [0.717, 1.165) is 44.3 Å². The van der Waals surface area contributed by atoms with Crippen LogP contribution in [0.25, 0.3) is 0 Å². The van der Waals surface area contributed by atoms with E-state index in [0.29, 0.717) is 17.7 Å². The van der Waals surface area contributed by atoms with Crippen molar-refractivity contribution in [2.45, 2.75) is 6.42 Å². The molecule has 3 rings (SSSR count). The third-order valence-electron chi connectivity index (χ3n) is 4.05. The SMILES string of the molecule is O=C1c2ccccc2C(=O)N1NC(=S)NCCCN1CCOCC1. The van der Waals surface area contributed by atoms with Gasteiger partial charge in [-0.3, -0.25) is 19.9 Å². The molecule has 2 amide bonds. The zero-order valence-electron chi connectivity index (χ0n) is 13.3. The molecule has 2 heterocycles. The van der Waals surface area contributed by atoms with Gasteiger partial charge in [-0.15, -0.1) is 0 Å². The first kappa shape index (κ1) is 16.8. The van der Waals surface area contributed by atoms with Crippen molar-refractivity contribution in [3.8, 4) is 0 Å². The Morgan fingerprint density at radius 2 is 1.75 bits per heavy atom. The molecule has 8 heteroatoms. The van der Waals surface area contributed by atoms with Crippen LogP contribution in [-0.2, 0) is 4.74 Å². The number of carbonyl (C=O) groups excluding carboxylic acids is 2. The van der Waals surface area contributed by atoms with Gasteiger partial charge in [0.1, 0.15) is 0 Å². The summed E-state index contributed by atoms with van der Waals surface area (Å²) in [5.41, 5.74) is 3.47. The highest BCUT2D eigenvalue weighted by molar-refractivity contribution is 7.80. The number of benzene rings is 1. The molecular formula is C16H20N4O3S. The molecule has 1 fully saturated rings. The molecule has 0 atom stereocenters. The predicted octanol–water partition coefficient (Wildman–Crippen LogP) is 0.384. The maximum Gasteiger partial charge on any atom is 0.280 e. The van der Waals surface area contributed by atoms with Gasteiger partial charge in [-0.2, -0.15) is 5.01 Å². The number of amides is 2. The third-order valence-corrected chi connectivity index (χ3v) is 4.28. The van der Waals surface area contributed by atoms with Crippen molar-refractivity contribution in [1.29, 1.82) is 0 Å². The maximum absolute atomic E-state index is 12.2. The number of imide groups is 1. The van der Waals surface area contributed by atoms with E-state index in [-0.39, 0.29) is 16.9 Å². The number of nitrogens with one attached hydrogen (secondary N) is 2. The fourth-order valence-electron chi connectivity index (χ4n) is 2.76. The van der Waals surface area contributed by atoms with Gasteiger partial charge in [0.2, 0.25) is 0 Å². The van der Waals surface area contributed by atoms with Gasteiger partial charge in [-0.25, -0.2) is 0 Å². The summed E-state index contributed by atoms with van der Waals surface area (Å²) in [6.45, 7) is 5.12. The lowest BCUT2D eigenvalue weighted by Gasteiger charge is -2.26. The van der Waals surface area contributed by atoms with Gasteiger partial charge in [0, 0.05) is 19.6 Å². The lowest BCUT2D eigenvalue weighted by Crippen LogP contribution is -2.50. The van der Waals surface area contributed by atoms with Crippen LogP contribution >= 0.6 is 12.2 Å². The zero-order chi connectivity index (χ0) is 16.9. The number of morpholine rings is 1. The minimum Gasteiger partial charge on any atom is -0.379 e. The Balaban J connectivity index is 1.42. The molecule has 7 nitrogen and oxygen atoms in total. The Morgan fingerprint density at radius 3 is 2.38 bits per heavy atom. The van der Waals surface area contributed by atoms with E-state index in [4.69, 9.17) is 17.0 Å². The second kappa shape index (κ2) is 7.69. The molecule has 128 valence electrons. The normalized spacial score (nSPS) is 17.8. The quantitative estimate of drug-likeness (QED) is 0.453. The molecule has 0 aromatic heterocycles. The van der Waals surface area contributed by atoms with Gasteiger partial charge >= 0.3 is 0 Å². The molecule has 1 aromatic carbocycles. The molecule has 0 radical (unpaired) electrons. The summed E-state index contributed by atoms with van der Waals surface area (Å²) in [5, 5.41) is 4.26. The molecule has 1 aromatic rings. The first-order chi connectivity index (χ1) is 11.7. The van der Waals surface area contributed by atoms with Crippen molar-refractivity contribution < 1.29 is 14.3 Å². The summed E-state index contributed by atoms with van der Waals surface area (Å²) in [7, 11) is 0. The second-order valence-electron chi connectivity index (χ2n) is 5.67. The predicted molar refractivity (Wildman–Crippen MR) is 92.6 cm³/mol. The number of thiocarbonyl (C=S) groups is 1. The van der Waals surface area contributed by atoms with Gasteiger partial charge in [0.15, 0.2) is 5.11 Å². The number of rotatable bonds is 5. The average molecular weight is 348 g/mol. The number of carbonyl (C=O) groups is 2. The van der Waals surface area contributed by atoms with E-state index in [1.807, 2.05) is 0 Å². The Kier molecular flexibility index (Phi) is 5.39. The molecule has 0 saturated carbocycles. The maximum atomic E-state index is 12.2. The number of hydrogen-bond acceptors (Lipinski definition) is 5. The molecule has 24 heavy (non-hydrogen) atoms. The van der Waals surface area contributed by atoms with Gasteiger partial charge < -0.3 is 10.1 Å². The molecule has 2 aliphatic rings. The molecule has 2 aliphatic heterocycles. The fourth-order valence-corrected chi connectivity index (χ4v) is 2.95. The van der Waals surface area contributed by atoms with Crippen molar-refractivity contribution >= 4 is 29.1 Å². The molecule has 0 spiro atoms. The summed E-state index contributed by atoms with van der Waals surface area (Å²) in [6, 6.07) is 6.73. The van der Waals surface area contributed by atoms with Crippen LogP contribution in [0.15, 0.2) is 24.3 Å². The molecule has 1 saturated heterocycles. The van der Waals surface area contributed by atoms with Crippen molar-refractivity contribution in [1.82, 2.24) is 20.7 Å². The van der Waals surface area contributed by atoms with E-state index < -0.39 is 0 Å².